The maximum Gasteiger partial charge on any atom is 0.234 e. The molecular weight excluding hydrogens is 240 g/mol. The average molecular weight is 264 g/mol. The molecule has 2 rings (SSSR count). The topological polar surface area (TPSA) is 68.2 Å². The Labute approximate surface area is 115 Å². The second-order valence-corrected chi connectivity index (χ2v) is 5.58. The van der Waals surface area contributed by atoms with E-state index in [0.29, 0.717) is 19.1 Å². The summed E-state index contributed by atoms with van der Waals surface area (Å²) in [6.07, 6.45) is 7.24. The summed E-state index contributed by atoms with van der Waals surface area (Å²) in [5.41, 5.74) is 0. The number of carbonyl (C=O) groups is 1. The third kappa shape index (κ3) is 4.48. The minimum Gasteiger partial charge on any atom is -0.352 e. The molecule has 1 aliphatic carbocycles. The van der Waals surface area contributed by atoms with E-state index in [-0.39, 0.29) is 11.9 Å². The fraction of sp³-hybridized carbons (Fsp3) is 0.857. The highest BCUT2D eigenvalue weighted by molar-refractivity contribution is 5.78. The number of rotatable bonds is 3. The zero-order valence-corrected chi connectivity index (χ0v) is 11.5. The molecule has 1 heterocycles. The third-order valence-corrected chi connectivity index (χ3v) is 4.07. The van der Waals surface area contributed by atoms with Crippen molar-refractivity contribution in [1.82, 2.24) is 15.5 Å². The predicted molar refractivity (Wildman–Crippen MR) is 73.5 cm³/mol. The maximum absolute atomic E-state index is 12.1. The van der Waals surface area contributed by atoms with Crippen molar-refractivity contribution in [3.63, 3.8) is 0 Å². The quantitative estimate of drug-likeness (QED) is 0.733. The van der Waals surface area contributed by atoms with Crippen molar-refractivity contribution in [1.29, 1.82) is 5.26 Å². The van der Waals surface area contributed by atoms with Crippen LogP contribution in [0.4, 0.5) is 0 Å². The van der Waals surface area contributed by atoms with Crippen LogP contribution in [0.25, 0.3) is 0 Å². The van der Waals surface area contributed by atoms with Gasteiger partial charge < -0.3 is 10.6 Å². The van der Waals surface area contributed by atoms with Crippen LogP contribution in [0.15, 0.2) is 0 Å². The number of hydrogen-bond donors (Lipinski definition) is 2. The summed E-state index contributed by atoms with van der Waals surface area (Å²) in [5, 5.41) is 15.4. The Hall–Kier alpha value is -1.12. The Kier molecular flexibility index (Phi) is 5.62. The van der Waals surface area contributed by atoms with E-state index >= 15 is 0 Å². The van der Waals surface area contributed by atoms with Crippen LogP contribution in [0, 0.1) is 11.3 Å². The molecule has 1 amide bonds. The molecule has 2 N–H and O–H groups in total. The van der Waals surface area contributed by atoms with Crippen LogP contribution >= 0.6 is 0 Å². The van der Waals surface area contributed by atoms with Gasteiger partial charge in [0.25, 0.3) is 0 Å². The van der Waals surface area contributed by atoms with Crippen molar-refractivity contribution < 1.29 is 4.79 Å². The van der Waals surface area contributed by atoms with Crippen molar-refractivity contribution in [2.24, 2.45) is 0 Å². The Morgan fingerprint density at radius 1 is 1.32 bits per heavy atom. The van der Waals surface area contributed by atoms with E-state index in [0.717, 1.165) is 25.9 Å². The molecule has 0 aromatic carbocycles. The minimum absolute atomic E-state index is 0.0778. The van der Waals surface area contributed by atoms with Gasteiger partial charge in [0.15, 0.2) is 0 Å². The van der Waals surface area contributed by atoms with Gasteiger partial charge >= 0.3 is 0 Å². The standard InChI is InChI=1S/C14H24N4O/c15-9-13-10-16-7-8-18(13)11-14(19)17-12-5-3-1-2-4-6-12/h12-13,16H,1-8,10-11H2,(H,17,19). The van der Waals surface area contributed by atoms with Crippen molar-refractivity contribution in [2.45, 2.75) is 50.6 Å². The monoisotopic (exact) mass is 264 g/mol. The van der Waals surface area contributed by atoms with Gasteiger partial charge in [-0.15, -0.1) is 0 Å². The van der Waals surface area contributed by atoms with E-state index in [1.807, 2.05) is 4.90 Å². The molecule has 1 atom stereocenters. The smallest absolute Gasteiger partial charge is 0.234 e. The summed E-state index contributed by atoms with van der Waals surface area (Å²) in [7, 11) is 0. The lowest BCUT2D eigenvalue weighted by Gasteiger charge is -2.31. The number of piperazine rings is 1. The van der Waals surface area contributed by atoms with Crippen molar-refractivity contribution >= 4 is 5.91 Å². The summed E-state index contributed by atoms with van der Waals surface area (Å²) in [5.74, 6) is 0.0778. The molecule has 1 saturated carbocycles. The lowest BCUT2D eigenvalue weighted by atomic mass is 10.1. The van der Waals surface area contributed by atoms with Gasteiger partial charge in [-0.05, 0) is 12.8 Å². The Morgan fingerprint density at radius 3 is 2.74 bits per heavy atom. The summed E-state index contributed by atoms with van der Waals surface area (Å²) in [6.45, 7) is 2.65. The first-order valence-corrected chi connectivity index (χ1v) is 7.43. The second-order valence-electron chi connectivity index (χ2n) is 5.58. The van der Waals surface area contributed by atoms with Gasteiger partial charge in [-0.3, -0.25) is 9.69 Å². The first-order valence-electron chi connectivity index (χ1n) is 7.43. The molecule has 5 nitrogen and oxygen atoms in total. The van der Waals surface area contributed by atoms with Crippen LogP contribution in [0.2, 0.25) is 0 Å². The highest BCUT2D eigenvalue weighted by Crippen LogP contribution is 2.17. The molecular formula is C14H24N4O. The van der Waals surface area contributed by atoms with Gasteiger partial charge in [0, 0.05) is 25.7 Å². The molecule has 0 bridgehead atoms. The van der Waals surface area contributed by atoms with Gasteiger partial charge in [-0.1, -0.05) is 25.7 Å². The summed E-state index contributed by atoms with van der Waals surface area (Å²) >= 11 is 0. The number of carbonyl (C=O) groups excluding carboxylic acids is 1. The number of nitrogens with one attached hydrogen (secondary N) is 2. The van der Waals surface area contributed by atoms with E-state index in [1.54, 1.807) is 0 Å². The van der Waals surface area contributed by atoms with E-state index in [4.69, 9.17) is 5.26 Å². The molecule has 19 heavy (non-hydrogen) atoms. The van der Waals surface area contributed by atoms with Gasteiger partial charge in [0.2, 0.25) is 5.91 Å². The molecule has 2 aliphatic rings. The van der Waals surface area contributed by atoms with E-state index in [9.17, 15) is 4.79 Å². The Balaban J connectivity index is 1.78. The predicted octanol–water partition coefficient (Wildman–Crippen LogP) is 0.623. The van der Waals surface area contributed by atoms with Crippen LogP contribution in [0.3, 0.4) is 0 Å². The molecule has 0 aromatic heterocycles. The van der Waals surface area contributed by atoms with Gasteiger partial charge in [0.1, 0.15) is 6.04 Å². The molecule has 106 valence electrons. The fourth-order valence-corrected chi connectivity index (χ4v) is 2.94. The molecule has 1 aliphatic heterocycles. The molecule has 1 saturated heterocycles. The highest BCUT2D eigenvalue weighted by Gasteiger charge is 2.24. The van der Waals surface area contributed by atoms with E-state index in [2.05, 4.69) is 16.7 Å². The zero-order chi connectivity index (χ0) is 13.5. The third-order valence-electron chi connectivity index (χ3n) is 4.07. The maximum atomic E-state index is 12.1. The minimum atomic E-state index is -0.173. The zero-order valence-electron chi connectivity index (χ0n) is 11.5. The molecule has 2 fully saturated rings. The van der Waals surface area contributed by atoms with Gasteiger partial charge in [0.05, 0.1) is 12.6 Å². The van der Waals surface area contributed by atoms with Crippen LogP contribution in [-0.2, 0) is 4.79 Å². The SMILES string of the molecule is N#CC1CNCCN1CC(=O)NC1CCCCCC1. The largest absolute Gasteiger partial charge is 0.352 e. The Bertz CT molecular complexity index is 331. The normalized spacial score (nSPS) is 26.4. The molecule has 1 unspecified atom stereocenters. The van der Waals surface area contributed by atoms with Crippen LogP contribution < -0.4 is 10.6 Å². The lowest BCUT2D eigenvalue weighted by molar-refractivity contribution is -0.123. The summed E-state index contributed by atoms with van der Waals surface area (Å²) < 4.78 is 0. The first kappa shape index (κ1) is 14.3. The van der Waals surface area contributed by atoms with E-state index < -0.39 is 0 Å². The number of nitriles is 1. The van der Waals surface area contributed by atoms with Crippen molar-refractivity contribution in [2.75, 3.05) is 26.2 Å². The molecule has 5 heteroatoms. The number of amides is 1. The number of hydrogen-bond acceptors (Lipinski definition) is 4. The lowest BCUT2D eigenvalue weighted by Crippen LogP contribution is -2.54. The fourth-order valence-electron chi connectivity index (χ4n) is 2.94. The average Bonchev–Trinajstić information content (AvgIpc) is 2.68. The Morgan fingerprint density at radius 2 is 2.05 bits per heavy atom. The van der Waals surface area contributed by atoms with Gasteiger partial charge in [-0.2, -0.15) is 5.26 Å². The first-order chi connectivity index (χ1) is 9.29. The summed E-state index contributed by atoms with van der Waals surface area (Å²) in [4.78, 5) is 14.0. The molecule has 0 radical (unpaired) electrons. The van der Waals surface area contributed by atoms with Crippen LogP contribution in [-0.4, -0.2) is 49.1 Å². The van der Waals surface area contributed by atoms with Crippen molar-refractivity contribution in [3.05, 3.63) is 0 Å². The summed E-state index contributed by atoms with van der Waals surface area (Å²) in [6, 6.07) is 2.43. The highest BCUT2D eigenvalue weighted by atomic mass is 16.2. The van der Waals surface area contributed by atoms with Crippen LogP contribution in [0.5, 0.6) is 0 Å². The van der Waals surface area contributed by atoms with Gasteiger partial charge in [-0.25, -0.2) is 0 Å². The molecule has 0 aromatic rings. The second kappa shape index (κ2) is 7.46. The molecule has 0 spiro atoms. The van der Waals surface area contributed by atoms with Crippen molar-refractivity contribution in [3.8, 4) is 6.07 Å². The van der Waals surface area contributed by atoms with E-state index in [1.165, 1.54) is 25.7 Å². The number of nitrogens with zero attached hydrogens (tertiary/aromatic N) is 2. The van der Waals surface area contributed by atoms with Crippen LogP contribution in [0.1, 0.15) is 38.5 Å².